The van der Waals surface area contributed by atoms with E-state index >= 15 is 0 Å². The molecule has 3 amide bonds. The number of imide groups is 1. The molecule has 3 N–H and O–H groups in total. The van der Waals surface area contributed by atoms with Crippen LogP contribution < -0.4 is 16.3 Å². The van der Waals surface area contributed by atoms with Gasteiger partial charge in [-0.1, -0.05) is 0 Å². The van der Waals surface area contributed by atoms with Gasteiger partial charge in [-0.05, 0) is 13.0 Å². The van der Waals surface area contributed by atoms with Gasteiger partial charge in [0.05, 0.1) is 0 Å². The van der Waals surface area contributed by atoms with Gasteiger partial charge in [0.25, 0.3) is 5.91 Å². The molecule has 0 radical (unpaired) electrons. The molecule has 1 aliphatic heterocycles. The van der Waals surface area contributed by atoms with Crippen molar-refractivity contribution in [2.75, 3.05) is 0 Å². The minimum Gasteiger partial charge on any atom is -0.507 e. The molecule has 0 aliphatic carbocycles. The molecule has 0 unspecified atom stereocenters. The maximum atomic E-state index is 11.4. The minimum atomic E-state index is -0.788. The first kappa shape index (κ1) is 10.9. The minimum absolute atomic E-state index is 0.124. The second-order valence-corrected chi connectivity index (χ2v) is 3.41. The molecule has 0 bridgehead atoms. The van der Waals surface area contributed by atoms with E-state index in [9.17, 15) is 19.5 Å². The second kappa shape index (κ2) is 3.78. The summed E-state index contributed by atoms with van der Waals surface area (Å²) in [4.78, 5) is 33.5. The predicted octanol–water partition coefficient (Wildman–Crippen LogP) is -0.166. The number of carbonyl (C=O) groups excluding carboxylic acids is 2. The largest absolute Gasteiger partial charge is 0.507 e. The van der Waals surface area contributed by atoms with Crippen LogP contribution in [0.3, 0.4) is 0 Å². The molecule has 7 nitrogen and oxygen atoms in total. The van der Waals surface area contributed by atoms with Gasteiger partial charge in [-0.2, -0.15) is 0 Å². The van der Waals surface area contributed by atoms with Crippen LogP contribution in [0.2, 0.25) is 0 Å². The quantitative estimate of drug-likeness (QED) is 0.463. The maximum absolute atomic E-state index is 11.4. The number of aromatic hydroxyl groups is 1. The highest BCUT2D eigenvalue weighted by atomic mass is 16.4. The van der Waals surface area contributed by atoms with Crippen molar-refractivity contribution in [3.8, 4) is 5.75 Å². The van der Waals surface area contributed by atoms with Crippen molar-refractivity contribution in [2.45, 2.75) is 6.92 Å². The summed E-state index contributed by atoms with van der Waals surface area (Å²) in [6.07, 6.45) is 1.06. The van der Waals surface area contributed by atoms with Crippen LogP contribution in [0.4, 0.5) is 4.79 Å². The summed E-state index contributed by atoms with van der Waals surface area (Å²) < 4.78 is 4.76. The molecule has 2 heterocycles. The number of hydrogen-bond acceptors (Lipinski definition) is 5. The summed E-state index contributed by atoms with van der Waals surface area (Å²) in [5.41, 5.74) is -1.10. The average Bonchev–Trinajstić information content (AvgIpc) is 2.51. The van der Waals surface area contributed by atoms with Gasteiger partial charge in [0, 0.05) is 6.07 Å². The number of carbonyl (C=O) groups is 2. The van der Waals surface area contributed by atoms with Crippen LogP contribution in [0.25, 0.3) is 6.08 Å². The molecule has 1 fully saturated rings. The number of urea groups is 1. The molecule has 1 aromatic rings. The van der Waals surface area contributed by atoms with Crippen LogP contribution in [-0.4, -0.2) is 17.0 Å². The Morgan fingerprint density at radius 3 is 2.53 bits per heavy atom. The molecule has 0 aromatic carbocycles. The van der Waals surface area contributed by atoms with Crippen LogP contribution in [-0.2, 0) is 4.79 Å². The van der Waals surface area contributed by atoms with Crippen LogP contribution in [0.5, 0.6) is 5.75 Å². The number of hydrogen-bond donors (Lipinski definition) is 3. The molecular formula is C10H8N2O5. The van der Waals surface area contributed by atoms with E-state index < -0.39 is 17.6 Å². The Morgan fingerprint density at radius 1 is 1.29 bits per heavy atom. The van der Waals surface area contributed by atoms with Gasteiger partial charge in [0.1, 0.15) is 22.8 Å². The second-order valence-electron chi connectivity index (χ2n) is 3.41. The third-order valence-corrected chi connectivity index (χ3v) is 2.10. The molecule has 7 heteroatoms. The first-order valence-corrected chi connectivity index (χ1v) is 4.65. The van der Waals surface area contributed by atoms with Gasteiger partial charge in [-0.3, -0.25) is 10.1 Å². The van der Waals surface area contributed by atoms with Crippen molar-refractivity contribution in [1.82, 2.24) is 10.6 Å². The van der Waals surface area contributed by atoms with E-state index in [-0.39, 0.29) is 22.8 Å². The third kappa shape index (κ3) is 2.03. The Labute approximate surface area is 94.7 Å². The van der Waals surface area contributed by atoms with Crippen LogP contribution in [0, 0.1) is 6.92 Å². The maximum Gasteiger partial charge on any atom is 0.347 e. The van der Waals surface area contributed by atoms with E-state index in [0.29, 0.717) is 0 Å². The van der Waals surface area contributed by atoms with Gasteiger partial charge >= 0.3 is 11.7 Å². The smallest absolute Gasteiger partial charge is 0.347 e. The SMILES string of the molecule is Cc1cc(O)c(/C=C2\NC(=O)NC2=O)c(=O)o1. The Bertz CT molecular complexity index is 599. The Hall–Kier alpha value is -2.57. The van der Waals surface area contributed by atoms with Crippen molar-refractivity contribution in [2.24, 2.45) is 0 Å². The van der Waals surface area contributed by atoms with Gasteiger partial charge in [0.2, 0.25) is 0 Å². The molecule has 1 saturated heterocycles. The lowest BCUT2D eigenvalue weighted by atomic mass is 10.2. The van der Waals surface area contributed by atoms with Crippen molar-refractivity contribution >= 4 is 18.0 Å². The Balaban J connectivity index is 2.50. The lowest BCUT2D eigenvalue weighted by molar-refractivity contribution is -0.115. The van der Waals surface area contributed by atoms with Gasteiger partial charge < -0.3 is 14.8 Å². The monoisotopic (exact) mass is 236 g/mol. The lowest BCUT2D eigenvalue weighted by Gasteiger charge is -1.99. The molecule has 0 saturated carbocycles. The zero-order valence-electron chi connectivity index (χ0n) is 8.73. The van der Waals surface area contributed by atoms with Crippen molar-refractivity contribution in [3.05, 3.63) is 33.5 Å². The molecule has 1 aliphatic rings. The molecule has 17 heavy (non-hydrogen) atoms. The molecule has 0 spiro atoms. The summed E-state index contributed by atoms with van der Waals surface area (Å²) in [6.45, 7) is 1.50. The van der Waals surface area contributed by atoms with E-state index in [0.717, 1.165) is 6.08 Å². The number of rotatable bonds is 1. The molecule has 1 aromatic heterocycles. The van der Waals surface area contributed by atoms with Gasteiger partial charge in [-0.25, -0.2) is 9.59 Å². The highest BCUT2D eigenvalue weighted by molar-refractivity contribution is 6.14. The Morgan fingerprint density at radius 2 is 2.00 bits per heavy atom. The normalized spacial score (nSPS) is 17.1. The van der Waals surface area contributed by atoms with E-state index in [1.807, 2.05) is 5.32 Å². The van der Waals surface area contributed by atoms with E-state index in [1.54, 1.807) is 0 Å². The van der Waals surface area contributed by atoms with E-state index in [1.165, 1.54) is 13.0 Å². The average molecular weight is 236 g/mol. The zero-order chi connectivity index (χ0) is 12.6. The van der Waals surface area contributed by atoms with E-state index in [4.69, 9.17) is 4.42 Å². The van der Waals surface area contributed by atoms with Crippen molar-refractivity contribution in [1.29, 1.82) is 0 Å². The third-order valence-electron chi connectivity index (χ3n) is 2.10. The van der Waals surface area contributed by atoms with E-state index in [2.05, 4.69) is 5.32 Å². The summed E-state index contributed by atoms with van der Waals surface area (Å²) in [7, 11) is 0. The van der Waals surface area contributed by atoms with Crippen molar-refractivity contribution in [3.63, 3.8) is 0 Å². The van der Waals surface area contributed by atoms with Crippen LogP contribution in [0.1, 0.15) is 11.3 Å². The molecule has 2 rings (SSSR count). The molecule has 88 valence electrons. The zero-order valence-corrected chi connectivity index (χ0v) is 8.73. The fourth-order valence-corrected chi connectivity index (χ4v) is 1.37. The van der Waals surface area contributed by atoms with Crippen molar-refractivity contribution < 1.29 is 19.1 Å². The van der Waals surface area contributed by atoms with Gasteiger partial charge in [-0.15, -0.1) is 0 Å². The summed E-state index contributed by atoms with van der Waals surface area (Å²) >= 11 is 0. The predicted molar refractivity (Wildman–Crippen MR) is 56.0 cm³/mol. The van der Waals surface area contributed by atoms with Gasteiger partial charge in [0.15, 0.2) is 0 Å². The number of nitrogens with one attached hydrogen (secondary N) is 2. The standard InChI is InChI=1S/C10H8N2O5/c1-4-2-7(13)5(9(15)17-4)3-6-8(14)12-10(16)11-6/h2-3,13H,1H3,(H2,11,12,14,16)/b6-3-. The summed E-state index contributed by atoms with van der Waals surface area (Å²) in [5, 5.41) is 13.7. The highest BCUT2D eigenvalue weighted by Gasteiger charge is 2.24. The highest BCUT2D eigenvalue weighted by Crippen LogP contribution is 2.17. The summed E-state index contributed by atoms with van der Waals surface area (Å²) in [5.74, 6) is -0.746. The first-order valence-electron chi connectivity index (χ1n) is 4.65. The summed E-state index contributed by atoms with van der Waals surface area (Å²) in [6, 6.07) is 0.555. The Kier molecular flexibility index (Phi) is 2.43. The van der Waals surface area contributed by atoms with Crippen LogP contribution >= 0.6 is 0 Å². The lowest BCUT2D eigenvalue weighted by Crippen LogP contribution is -2.22. The first-order chi connectivity index (χ1) is 7.97. The molecular weight excluding hydrogens is 228 g/mol. The number of aryl methyl sites for hydroxylation is 1. The fraction of sp³-hybridized carbons (Fsp3) is 0.100. The van der Waals surface area contributed by atoms with Crippen LogP contribution in [0.15, 0.2) is 21.0 Å². The topological polar surface area (TPSA) is 109 Å². The molecule has 0 atom stereocenters. The fourth-order valence-electron chi connectivity index (χ4n) is 1.37. The number of amides is 3.